The van der Waals surface area contributed by atoms with Crippen LogP contribution in [0.25, 0.3) is 0 Å². The van der Waals surface area contributed by atoms with Crippen LogP contribution in [0.4, 0.5) is 18.9 Å². The van der Waals surface area contributed by atoms with Gasteiger partial charge in [0.25, 0.3) is 0 Å². The number of ether oxygens (including phenoxy) is 1. The molecule has 1 aliphatic rings. The number of azo groups is 1. The van der Waals surface area contributed by atoms with Gasteiger partial charge in [0, 0.05) is 21.0 Å². The third kappa shape index (κ3) is 3.43. The monoisotopic (exact) mass is 370 g/mol. The van der Waals surface area contributed by atoms with E-state index in [1.54, 1.807) is 18.2 Å². The fourth-order valence-corrected chi connectivity index (χ4v) is 2.55. The summed E-state index contributed by atoms with van der Waals surface area (Å²) in [6.45, 7) is 0. The first-order valence-corrected chi connectivity index (χ1v) is 7.49. The van der Waals surface area contributed by atoms with Crippen molar-refractivity contribution in [2.24, 2.45) is 5.11 Å². The Kier molecular flexibility index (Phi) is 4.38. The van der Waals surface area contributed by atoms with Gasteiger partial charge in [-0.1, -0.05) is 29.2 Å². The minimum Gasteiger partial charge on any atom is -0.490 e. The maximum Gasteiger partial charge on any atom is 0.416 e. The molecule has 1 amide bonds. The van der Waals surface area contributed by atoms with Crippen LogP contribution in [-0.2, 0) is 11.0 Å². The maximum absolute atomic E-state index is 12.6. The summed E-state index contributed by atoms with van der Waals surface area (Å²) in [6, 6.07) is 8.12. The Morgan fingerprint density at radius 1 is 1.20 bits per heavy atom. The highest BCUT2D eigenvalue weighted by atomic mass is 35.5. The quantitative estimate of drug-likeness (QED) is 0.821. The van der Waals surface area contributed by atoms with E-state index >= 15 is 0 Å². The average Bonchev–Trinajstić information content (AvgIpc) is 2.96. The number of alkyl halides is 3. The van der Waals surface area contributed by atoms with Crippen LogP contribution in [0.1, 0.15) is 17.2 Å². The van der Waals surface area contributed by atoms with Crippen molar-refractivity contribution in [1.82, 2.24) is 5.43 Å². The number of hydrogen-bond donors (Lipinski definition) is 1. The first-order valence-electron chi connectivity index (χ1n) is 7.11. The number of amides is 1. The summed E-state index contributed by atoms with van der Waals surface area (Å²) in [5, 5.41) is 4.62. The third-order valence-electron chi connectivity index (χ3n) is 3.62. The van der Waals surface area contributed by atoms with Crippen molar-refractivity contribution in [2.45, 2.75) is 12.2 Å². The molecule has 1 atom stereocenters. The molecule has 0 saturated heterocycles. The van der Waals surface area contributed by atoms with E-state index in [-0.39, 0.29) is 0 Å². The van der Waals surface area contributed by atoms with Gasteiger partial charge in [0.05, 0.1) is 12.7 Å². The van der Waals surface area contributed by atoms with Crippen LogP contribution in [-0.4, -0.2) is 17.8 Å². The molecule has 130 valence electrons. The molecule has 9 heteroatoms. The van der Waals surface area contributed by atoms with Crippen LogP contribution in [0.2, 0.25) is 5.02 Å². The van der Waals surface area contributed by atoms with Crippen LogP contribution < -0.4 is 10.2 Å². The van der Waals surface area contributed by atoms with Crippen molar-refractivity contribution >= 4 is 23.2 Å². The highest BCUT2D eigenvalue weighted by Crippen LogP contribution is 2.34. The van der Waals surface area contributed by atoms with E-state index < -0.39 is 23.7 Å². The number of nitrogens with one attached hydrogen (secondary N) is 1. The lowest BCUT2D eigenvalue weighted by Crippen LogP contribution is -2.26. The van der Waals surface area contributed by atoms with Crippen molar-refractivity contribution in [2.75, 3.05) is 7.11 Å². The minimum absolute atomic E-state index is 0.342. The molecule has 1 unspecified atom stereocenters. The summed E-state index contributed by atoms with van der Waals surface area (Å²) in [4.78, 5) is 13.4. The molecule has 0 aliphatic carbocycles. The molecule has 2 aromatic carbocycles. The van der Waals surface area contributed by atoms with Crippen LogP contribution in [0.3, 0.4) is 0 Å². The predicted molar refractivity (Wildman–Crippen MR) is 82.7 cm³/mol. The normalized spacial score (nSPS) is 17.2. The standard InChI is InChI=1S/C16H11ClF3N3O2/c1-25-13-7-6-11(17)8-12(13)23-21-14(15(24)22-23)9-2-4-10(5-3-9)16(18,19)20/h2-8,14H,1H3/p+1. The molecule has 0 aromatic heterocycles. The summed E-state index contributed by atoms with van der Waals surface area (Å²) >= 11 is 5.96. The lowest BCUT2D eigenvalue weighted by molar-refractivity contribution is -0.551. The zero-order chi connectivity index (χ0) is 18.2. The Hall–Kier alpha value is -2.61. The largest absolute Gasteiger partial charge is 0.490 e. The smallest absolute Gasteiger partial charge is 0.416 e. The lowest BCUT2D eigenvalue weighted by atomic mass is 10.1. The molecule has 2 aromatic rings. The van der Waals surface area contributed by atoms with E-state index in [1.165, 1.54) is 24.0 Å². The van der Waals surface area contributed by atoms with Crippen LogP contribution in [0.15, 0.2) is 47.6 Å². The zero-order valence-corrected chi connectivity index (χ0v) is 13.6. The van der Waals surface area contributed by atoms with Gasteiger partial charge in [0.2, 0.25) is 6.04 Å². The first-order chi connectivity index (χ1) is 11.8. The molecular formula is C16H12ClF3N3O2+. The van der Waals surface area contributed by atoms with Gasteiger partial charge < -0.3 is 4.74 Å². The van der Waals surface area contributed by atoms with Gasteiger partial charge in [0.15, 0.2) is 5.75 Å². The fourth-order valence-electron chi connectivity index (χ4n) is 2.39. The molecule has 1 aliphatic heterocycles. The van der Waals surface area contributed by atoms with Crippen LogP contribution >= 0.6 is 11.6 Å². The second kappa shape index (κ2) is 6.36. The van der Waals surface area contributed by atoms with Gasteiger partial charge >= 0.3 is 17.8 Å². The summed E-state index contributed by atoms with van der Waals surface area (Å²) in [6.07, 6.45) is -4.44. The predicted octanol–water partition coefficient (Wildman–Crippen LogP) is 4.25. The Morgan fingerprint density at radius 3 is 2.48 bits per heavy atom. The fraction of sp³-hybridized carbons (Fsp3) is 0.188. The zero-order valence-electron chi connectivity index (χ0n) is 12.8. The van der Waals surface area contributed by atoms with E-state index in [2.05, 4.69) is 10.5 Å². The summed E-state index contributed by atoms with van der Waals surface area (Å²) in [7, 11) is 1.46. The van der Waals surface area contributed by atoms with Crippen molar-refractivity contribution in [3.63, 3.8) is 0 Å². The van der Waals surface area contributed by atoms with Crippen molar-refractivity contribution < 1.29 is 27.5 Å². The van der Waals surface area contributed by atoms with E-state index in [4.69, 9.17) is 16.3 Å². The second-order valence-electron chi connectivity index (χ2n) is 5.24. The molecular weight excluding hydrogens is 359 g/mol. The SMILES string of the molecule is COc1ccc(Cl)cc1[N+]1=NC(c2ccc(C(F)(F)F)cc2)C(=O)N1. The minimum atomic E-state index is -4.44. The van der Waals surface area contributed by atoms with Crippen LogP contribution in [0.5, 0.6) is 5.75 Å². The molecule has 1 heterocycles. The number of hydrogen-bond acceptors (Lipinski definition) is 3. The van der Waals surface area contributed by atoms with E-state index in [9.17, 15) is 18.0 Å². The molecule has 5 nitrogen and oxygen atoms in total. The van der Waals surface area contributed by atoms with E-state index in [1.807, 2.05) is 0 Å². The second-order valence-corrected chi connectivity index (χ2v) is 5.68. The highest BCUT2D eigenvalue weighted by Gasteiger charge is 2.38. The third-order valence-corrected chi connectivity index (χ3v) is 3.85. The molecule has 0 radical (unpaired) electrons. The van der Waals surface area contributed by atoms with Gasteiger partial charge in [0.1, 0.15) is 0 Å². The molecule has 0 spiro atoms. The Morgan fingerprint density at radius 2 is 1.88 bits per heavy atom. The Bertz CT molecular complexity index is 851. The maximum atomic E-state index is 12.6. The highest BCUT2D eigenvalue weighted by molar-refractivity contribution is 6.30. The lowest BCUT2D eigenvalue weighted by Gasteiger charge is -2.07. The van der Waals surface area contributed by atoms with Crippen molar-refractivity contribution in [1.29, 1.82) is 0 Å². The molecule has 25 heavy (non-hydrogen) atoms. The average molecular weight is 371 g/mol. The molecule has 0 saturated carbocycles. The Balaban J connectivity index is 1.94. The summed E-state index contributed by atoms with van der Waals surface area (Å²) in [5.41, 5.74) is 2.50. The summed E-state index contributed by atoms with van der Waals surface area (Å²) in [5.74, 6) is -0.0386. The number of methoxy groups -OCH3 is 1. The first kappa shape index (κ1) is 17.2. The van der Waals surface area contributed by atoms with E-state index in [0.29, 0.717) is 22.0 Å². The van der Waals surface area contributed by atoms with Crippen LogP contribution in [0, 0.1) is 0 Å². The summed E-state index contributed by atoms with van der Waals surface area (Å²) < 4.78 is 43.1. The molecule has 3 rings (SSSR count). The number of nitrogens with zero attached hydrogens (tertiary/aromatic N) is 2. The van der Waals surface area contributed by atoms with Crippen molar-refractivity contribution in [3.05, 3.63) is 58.6 Å². The molecule has 1 N–H and O–H groups in total. The van der Waals surface area contributed by atoms with Gasteiger partial charge in [-0.15, -0.1) is 0 Å². The van der Waals surface area contributed by atoms with Gasteiger partial charge in [-0.05, 0) is 29.8 Å². The number of rotatable bonds is 3. The van der Waals surface area contributed by atoms with Gasteiger partial charge in [-0.2, -0.15) is 13.2 Å². The molecule has 0 bridgehead atoms. The number of hydrazine groups is 1. The number of carbonyl (C=O) groups excluding carboxylic acids is 1. The van der Waals surface area contributed by atoms with Crippen molar-refractivity contribution in [3.8, 4) is 5.75 Å². The number of halogens is 4. The van der Waals surface area contributed by atoms with Gasteiger partial charge in [-0.25, -0.2) is 0 Å². The topological polar surface area (TPSA) is 53.7 Å². The number of carbonyl (C=O) groups is 1. The number of benzene rings is 2. The molecule has 0 fully saturated rings. The Labute approximate surface area is 145 Å². The van der Waals surface area contributed by atoms with Gasteiger partial charge in [-0.3, -0.25) is 4.79 Å². The van der Waals surface area contributed by atoms with E-state index in [0.717, 1.165) is 12.1 Å².